The molecule has 122 valence electrons. The molecule has 4 saturated carbocycles. The Morgan fingerprint density at radius 1 is 0.714 bits per heavy atom. The third kappa shape index (κ3) is 3.20. The Morgan fingerprint density at radius 2 is 1.24 bits per heavy atom. The molecular formula is C21H38. The zero-order chi connectivity index (χ0) is 15.2. The van der Waals surface area contributed by atoms with Crippen LogP contribution in [0.4, 0.5) is 0 Å². The van der Waals surface area contributed by atoms with E-state index in [2.05, 4.69) is 34.6 Å². The van der Waals surface area contributed by atoms with E-state index in [1.54, 1.807) is 32.1 Å². The van der Waals surface area contributed by atoms with Crippen LogP contribution in [0.25, 0.3) is 0 Å². The van der Waals surface area contributed by atoms with E-state index < -0.39 is 0 Å². The molecule has 3 atom stereocenters. The molecular weight excluding hydrogens is 252 g/mol. The minimum atomic E-state index is 0.583. The molecule has 4 rings (SSSR count). The minimum Gasteiger partial charge on any atom is -0.0625 e. The Hall–Kier alpha value is 0. The van der Waals surface area contributed by atoms with Gasteiger partial charge in [0.1, 0.15) is 0 Å². The van der Waals surface area contributed by atoms with Crippen molar-refractivity contribution in [2.45, 2.75) is 86.0 Å². The van der Waals surface area contributed by atoms with Crippen LogP contribution in [0.5, 0.6) is 0 Å². The average molecular weight is 291 g/mol. The molecule has 0 amide bonds. The van der Waals surface area contributed by atoms with Crippen LogP contribution in [0.3, 0.4) is 0 Å². The van der Waals surface area contributed by atoms with Gasteiger partial charge >= 0.3 is 0 Å². The summed E-state index contributed by atoms with van der Waals surface area (Å²) in [6.45, 7) is 12.1. The molecule has 0 heteroatoms. The van der Waals surface area contributed by atoms with Crippen molar-refractivity contribution in [3.8, 4) is 0 Å². The van der Waals surface area contributed by atoms with Gasteiger partial charge in [0.15, 0.2) is 0 Å². The van der Waals surface area contributed by atoms with Crippen LogP contribution in [0.15, 0.2) is 0 Å². The van der Waals surface area contributed by atoms with Crippen molar-refractivity contribution in [1.82, 2.24) is 0 Å². The molecule has 0 aromatic rings. The summed E-state index contributed by atoms with van der Waals surface area (Å²) in [5, 5.41) is 0. The first-order valence-corrected chi connectivity index (χ1v) is 9.86. The highest BCUT2D eigenvalue weighted by Crippen LogP contribution is 2.54. The molecule has 0 radical (unpaired) electrons. The number of hydrogen-bond acceptors (Lipinski definition) is 0. The summed E-state index contributed by atoms with van der Waals surface area (Å²) in [5.41, 5.74) is 0.583. The second-order valence-corrected chi connectivity index (χ2v) is 10.1. The van der Waals surface area contributed by atoms with Crippen LogP contribution < -0.4 is 0 Å². The van der Waals surface area contributed by atoms with E-state index in [0.29, 0.717) is 5.41 Å². The van der Waals surface area contributed by atoms with E-state index >= 15 is 0 Å². The lowest BCUT2D eigenvalue weighted by molar-refractivity contribution is 0.161. The molecule has 0 aromatic carbocycles. The predicted molar refractivity (Wildman–Crippen MR) is 92.2 cm³/mol. The second kappa shape index (κ2) is 5.89. The number of rotatable bonds is 1. The predicted octanol–water partition coefficient (Wildman–Crippen LogP) is 6.55. The van der Waals surface area contributed by atoms with Gasteiger partial charge in [0, 0.05) is 0 Å². The van der Waals surface area contributed by atoms with Crippen molar-refractivity contribution < 1.29 is 0 Å². The molecule has 21 heavy (non-hydrogen) atoms. The Bertz CT molecular complexity index is 328. The van der Waals surface area contributed by atoms with Crippen molar-refractivity contribution in [2.24, 2.45) is 46.8 Å². The topological polar surface area (TPSA) is 0 Å². The Kier molecular flexibility index (Phi) is 4.46. The van der Waals surface area contributed by atoms with Gasteiger partial charge in [-0.05, 0) is 91.8 Å². The SMILES string of the molecule is CC(C)(C)C1CC2CCC1C2.CC(C)C1C2CCC1CC2. The molecule has 4 aliphatic carbocycles. The lowest BCUT2D eigenvalue weighted by Gasteiger charge is -2.34. The Labute approximate surface area is 133 Å². The first kappa shape index (κ1) is 15.9. The third-order valence-electron chi connectivity index (χ3n) is 7.53. The van der Waals surface area contributed by atoms with Gasteiger partial charge < -0.3 is 0 Å². The normalized spacial score (nSPS) is 44.3. The maximum atomic E-state index is 2.42. The van der Waals surface area contributed by atoms with Crippen molar-refractivity contribution in [3.05, 3.63) is 0 Å². The average Bonchev–Trinajstić information content (AvgIpc) is 3.18. The standard InChI is InChI=1S/C11H20.C10H18/c1-11(2,3)10-7-8-4-5-9(10)6-8;1-7(2)10-8-3-4-9(10)6-5-8/h8-10H,4-7H2,1-3H3;7-10H,3-6H2,1-2H3. The zero-order valence-corrected chi connectivity index (χ0v) is 15.2. The lowest BCUT2D eigenvalue weighted by Crippen LogP contribution is -2.25. The third-order valence-corrected chi connectivity index (χ3v) is 7.53. The van der Waals surface area contributed by atoms with Gasteiger partial charge in [-0.1, -0.05) is 41.0 Å². The minimum absolute atomic E-state index is 0.583. The summed E-state index contributed by atoms with van der Waals surface area (Å²) >= 11 is 0. The van der Waals surface area contributed by atoms with Crippen molar-refractivity contribution >= 4 is 0 Å². The molecule has 4 bridgehead atoms. The summed E-state index contributed by atoms with van der Waals surface area (Å²) in [6.07, 6.45) is 12.4. The van der Waals surface area contributed by atoms with Crippen LogP contribution in [0, 0.1) is 46.8 Å². The summed E-state index contributed by atoms with van der Waals surface area (Å²) in [4.78, 5) is 0. The van der Waals surface area contributed by atoms with Gasteiger partial charge in [-0.3, -0.25) is 0 Å². The second-order valence-electron chi connectivity index (χ2n) is 10.1. The maximum Gasteiger partial charge on any atom is -0.0334 e. The van der Waals surface area contributed by atoms with Crippen molar-refractivity contribution in [3.63, 3.8) is 0 Å². The fourth-order valence-corrected chi connectivity index (χ4v) is 6.69. The van der Waals surface area contributed by atoms with E-state index in [4.69, 9.17) is 0 Å². The van der Waals surface area contributed by atoms with Gasteiger partial charge in [-0.2, -0.15) is 0 Å². The number of fused-ring (bicyclic) bond motifs is 4. The van der Waals surface area contributed by atoms with Crippen LogP contribution in [-0.2, 0) is 0 Å². The molecule has 0 nitrogen and oxygen atoms in total. The van der Waals surface area contributed by atoms with Gasteiger partial charge in [0.2, 0.25) is 0 Å². The summed E-state index contributed by atoms with van der Waals surface area (Å²) < 4.78 is 0. The maximum absolute atomic E-state index is 2.42. The summed E-state index contributed by atoms with van der Waals surface area (Å²) in [7, 11) is 0. The molecule has 4 aliphatic rings. The molecule has 0 spiro atoms. The highest BCUT2D eigenvalue weighted by atomic mass is 14.5. The van der Waals surface area contributed by atoms with E-state index in [0.717, 1.165) is 41.4 Å². The number of hydrogen-bond donors (Lipinski definition) is 0. The van der Waals surface area contributed by atoms with E-state index in [-0.39, 0.29) is 0 Å². The van der Waals surface area contributed by atoms with E-state index in [1.165, 1.54) is 19.3 Å². The van der Waals surface area contributed by atoms with Gasteiger partial charge in [0.25, 0.3) is 0 Å². The molecule has 0 aromatic heterocycles. The zero-order valence-electron chi connectivity index (χ0n) is 15.2. The first-order chi connectivity index (χ1) is 9.86. The first-order valence-electron chi connectivity index (χ1n) is 9.86. The largest absolute Gasteiger partial charge is 0.0625 e. The lowest BCUT2D eigenvalue weighted by atomic mass is 9.72. The van der Waals surface area contributed by atoms with E-state index in [1.807, 2.05) is 0 Å². The van der Waals surface area contributed by atoms with Crippen molar-refractivity contribution in [1.29, 1.82) is 0 Å². The quantitative estimate of drug-likeness (QED) is 0.514. The van der Waals surface area contributed by atoms with E-state index in [9.17, 15) is 0 Å². The smallest absolute Gasteiger partial charge is 0.0334 e. The van der Waals surface area contributed by atoms with Crippen LogP contribution >= 0.6 is 0 Å². The van der Waals surface area contributed by atoms with Gasteiger partial charge in [0.05, 0.1) is 0 Å². The Balaban J connectivity index is 0.000000126. The van der Waals surface area contributed by atoms with Gasteiger partial charge in [-0.25, -0.2) is 0 Å². The molecule has 0 heterocycles. The fourth-order valence-electron chi connectivity index (χ4n) is 6.69. The Morgan fingerprint density at radius 3 is 1.48 bits per heavy atom. The molecule has 4 fully saturated rings. The fraction of sp³-hybridized carbons (Fsp3) is 1.00. The van der Waals surface area contributed by atoms with Crippen LogP contribution in [-0.4, -0.2) is 0 Å². The summed E-state index contributed by atoms with van der Waals surface area (Å²) in [5.74, 6) is 7.58. The van der Waals surface area contributed by atoms with Crippen LogP contribution in [0.1, 0.15) is 86.0 Å². The highest BCUT2D eigenvalue weighted by molar-refractivity contribution is 4.94. The summed E-state index contributed by atoms with van der Waals surface area (Å²) in [6, 6.07) is 0. The molecule has 0 N–H and O–H groups in total. The monoisotopic (exact) mass is 290 g/mol. The molecule has 0 aliphatic heterocycles. The molecule has 3 unspecified atom stereocenters. The highest BCUT2D eigenvalue weighted by Gasteiger charge is 2.44. The van der Waals surface area contributed by atoms with Crippen molar-refractivity contribution in [2.75, 3.05) is 0 Å². The van der Waals surface area contributed by atoms with Gasteiger partial charge in [-0.15, -0.1) is 0 Å². The molecule has 0 saturated heterocycles. The van der Waals surface area contributed by atoms with Crippen LogP contribution in [0.2, 0.25) is 0 Å².